The lowest BCUT2D eigenvalue weighted by atomic mass is 10.0. The van der Waals surface area contributed by atoms with Crippen LogP contribution in [-0.4, -0.2) is 35.1 Å². The standard InChI is InChI=1S/C14H27NO2/c1-3-4-5-6-7-8-10-15-11-9-12(2)13(15)14(16)17/h12-13H,3-11H2,1-2H3,(H,16,17). The van der Waals surface area contributed by atoms with Crippen LogP contribution in [0, 0.1) is 5.92 Å². The molecule has 0 spiro atoms. The summed E-state index contributed by atoms with van der Waals surface area (Å²) < 4.78 is 0. The number of rotatable bonds is 8. The Balaban J connectivity index is 2.16. The Hall–Kier alpha value is -0.570. The second kappa shape index (κ2) is 7.70. The maximum atomic E-state index is 11.2. The van der Waals surface area contributed by atoms with Crippen molar-refractivity contribution in [1.82, 2.24) is 4.90 Å². The molecule has 17 heavy (non-hydrogen) atoms. The van der Waals surface area contributed by atoms with Crippen molar-refractivity contribution in [3.8, 4) is 0 Å². The molecule has 1 saturated heterocycles. The second-order valence-electron chi connectivity index (χ2n) is 5.35. The maximum absolute atomic E-state index is 11.2. The normalized spacial score (nSPS) is 25.3. The van der Waals surface area contributed by atoms with Crippen LogP contribution in [0.5, 0.6) is 0 Å². The minimum absolute atomic E-state index is 0.231. The molecule has 2 atom stereocenters. The molecule has 0 amide bonds. The van der Waals surface area contributed by atoms with Crippen LogP contribution < -0.4 is 0 Å². The number of carboxylic acid groups (broad SMARTS) is 1. The van der Waals surface area contributed by atoms with Gasteiger partial charge in [-0.1, -0.05) is 46.0 Å². The molecular formula is C14H27NO2. The van der Waals surface area contributed by atoms with Gasteiger partial charge in [0.1, 0.15) is 6.04 Å². The van der Waals surface area contributed by atoms with E-state index in [0.717, 1.165) is 25.9 Å². The average Bonchev–Trinajstić information content (AvgIpc) is 2.65. The van der Waals surface area contributed by atoms with Crippen LogP contribution in [0.4, 0.5) is 0 Å². The zero-order valence-corrected chi connectivity index (χ0v) is 11.3. The first-order valence-corrected chi connectivity index (χ1v) is 7.13. The first-order valence-electron chi connectivity index (χ1n) is 7.13. The van der Waals surface area contributed by atoms with Gasteiger partial charge in [-0.3, -0.25) is 9.69 Å². The summed E-state index contributed by atoms with van der Waals surface area (Å²) in [5, 5.41) is 9.19. The van der Waals surface area contributed by atoms with Crippen molar-refractivity contribution in [2.45, 2.75) is 64.8 Å². The number of nitrogens with zero attached hydrogens (tertiary/aromatic N) is 1. The first kappa shape index (κ1) is 14.5. The minimum atomic E-state index is -0.638. The van der Waals surface area contributed by atoms with Crippen molar-refractivity contribution < 1.29 is 9.90 Å². The van der Waals surface area contributed by atoms with E-state index >= 15 is 0 Å². The quantitative estimate of drug-likeness (QED) is 0.664. The van der Waals surface area contributed by atoms with Gasteiger partial charge in [0.2, 0.25) is 0 Å². The van der Waals surface area contributed by atoms with E-state index in [1.807, 2.05) is 0 Å². The maximum Gasteiger partial charge on any atom is 0.321 e. The van der Waals surface area contributed by atoms with Crippen LogP contribution in [0.15, 0.2) is 0 Å². The molecule has 100 valence electrons. The van der Waals surface area contributed by atoms with Crippen LogP contribution in [0.25, 0.3) is 0 Å². The Bertz CT molecular complexity index is 230. The topological polar surface area (TPSA) is 40.5 Å². The van der Waals surface area contributed by atoms with Gasteiger partial charge in [-0.2, -0.15) is 0 Å². The van der Waals surface area contributed by atoms with Crippen molar-refractivity contribution in [2.24, 2.45) is 5.92 Å². The molecule has 1 fully saturated rings. The van der Waals surface area contributed by atoms with E-state index < -0.39 is 5.97 Å². The van der Waals surface area contributed by atoms with Gasteiger partial charge in [0.05, 0.1) is 0 Å². The Kier molecular flexibility index (Phi) is 6.56. The number of carboxylic acids is 1. The highest BCUT2D eigenvalue weighted by Crippen LogP contribution is 2.24. The number of likely N-dealkylation sites (tertiary alicyclic amines) is 1. The summed E-state index contributed by atoms with van der Waals surface area (Å²) in [7, 11) is 0. The number of carbonyl (C=O) groups is 1. The predicted molar refractivity (Wildman–Crippen MR) is 70.2 cm³/mol. The molecule has 1 heterocycles. The van der Waals surface area contributed by atoms with Gasteiger partial charge in [-0.25, -0.2) is 0 Å². The molecule has 0 aromatic heterocycles. The largest absolute Gasteiger partial charge is 0.480 e. The summed E-state index contributed by atoms with van der Waals surface area (Å²) >= 11 is 0. The Morgan fingerprint density at radius 1 is 1.24 bits per heavy atom. The first-order chi connectivity index (χ1) is 8.16. The van der Waals surface area contributed by atoms with Gasteiger partial charge in [-0.05, 0) is 31.8 Å². The molecular weight excluding hydrogens is 214 g/mol. The van der Waals surface area contributed by atoms with Gasteiger partial charge in [-0.15, -0.1) is 0 Å². The van der Waals surface area contributed by atoms with Crippen molar-refractivity contribution in [1.29, 1.82) is 0 Å². The van der Waals surface area contributed by atoms with Gasteiger partial charge in [0.15, 0.2) is 0 Å². The monoisotopic (exact) mass is 241 g/mol. The third-order valence-corrected chi connectivity index (χ3v) is 3.86. The minimum Gasteiger partial charge on any atom is -0.480 e. The zero-order chi connectivity index (χ0) is 12.7. The highest BCUT2D eigenvalue weighted by molar-refractivity contribution is 5.74. The second-order valence-corrected chi connectivity index (χ2v) is 5.35. The van der Waals surface area contributed by atoms with E-state index in [0.29, 0.717) is 5.92 Å². The molecule has 0 radical (unpaired) electrons. The Morgan fingerprint density at radius 2 is 1.88 bits per heavy atom. The Labute approximate surface area is 105 Å². The van der Waals surface area contributed by atoms with Crippen molar-refractivity contribution >= 4 is 5.97 Å². The van der Waals surface area contributed by atoms with Crippen molar-refractivity contribution in [3.05, 3.63) is 0 Å². The molecule has 0 bridgehead atoms. The summed E-state index contributed by atoms with van der Waals surface area (Å²) in [5.41, 5.74) is 0. The highest BCUT2D eigenvalue weighted by atomic mass is 16.4. The molecule has 0 aromatic carbocycles. The van der Waals surface area contributed by atoms with E-state index in [1.165, 1.54) is 32.1 Å². The van der Waals surface area contributed by atoms with Gasteiger partial charge < -0.3 is 5.11 Å². The molecule has 1 aliphatic heterocycles. The number of aliphatic carboxylic acids is 1. The van der Waals surface area contributed by atoms with Crippen molar-refractivity contribution in [2.75, 3.05) is 13.1 Å². The lowest BCUT2D eigenvalue weighted by Crippen LogP contribution is -2.39. The molecule has 1 N–H and O–H groups in total. The lowest BCUT2D eigenvalue weighted by molar-refractivity contribution is -0.143. The summed E-state index contributed by atoms with van der Waals surface area (Å²) in [5.74, 6) is -0.325. The number of unbranched alkanes of at least 4 members (excludes halogenated alkanes) is 5. The molecule has 0 aliphatic carbocycles. The third-order valence-electron chi connectivity index (χ3n) is 3.86. The van der Waals surface area contributed by atoms with Gasteiger partial charge >= 0.3 is 5.97 Å². The van der Waals surface area contributed by atoms with E-state index in [-0.39, 0.29) is 6.04 Å². The third kappa shape index (κ3) is 4.66. The fourth-order valence-corrected chi connectivity index (χ4v) is 2.77. The zero-order valence-electron chi connectivity index (χ0n) is 11.3. The van der Waals surface area contributed by atoms with Gasteiger partial charge in [0.25, 0.3) is 0 Å². The molecule has 1 aliphatic rings. The van der Waals surface area contributed by atoms with Crippen LogP contribution >= 0.6 is 0 Å². The molecule has 3 nitrogen and oxygen atoms in total. The van der Waals surface area contributed by atoms with E-state index in [9.17, 15) is 9.90 Å². The predicted octanol–water partition coefficient (Wildman–Crippen LogP) is 3.14. The summed E-state index contributed by atoms with van der Waals surface area (Å²) in [6.07, 6.45) is 8.68. The molecule has 0 saturated carbocycles. The SMILES string of the molecule is CCCCCCCCN1CCC(C)C1C(=O)O. The summed E-state index contributed by atoms with van der Waals surface area (Å²) in [4.78, 5) is 13.3. The Morgan fingerprint density at radius 3 is 2.53 bits per heavy atom. The van der Waals surface area contributed by atoms with E-state index in [4.69, 9.17) is 0 Å². The van der Waals surface area contributed by atoms with Crippen LogP contribution in [0.2, 0.25) is 0 Å². The molecule has 1 rings (SSSR count). The van der Waals surface area contributed by atoms with E-state index in [2.05, 4.69) is 18.7 Å². The molecule has 2 unspecified atom stereocenters. The van der Waals surface area contributed by atoms with Crippen LogP contribution in [0.1, 0.15) is 58.8 Å². The number of hydrogen-bond acceptors (Lipinski definition) is 2. The lowest BCUT2D eigenvalue weighted by Gasteiger charge is -2.22. The summed E-state index contributed by atoms with van der Waals surface area (Å²) in [6, 6.07) is -0.231. The average molecular weight is 241 g/mol. The fourth-order valence-electron chi connectivity index (χ4n) is 2.77. The fraction of sp³-hybridized carbons (Fsp3) is 0.929. The van der Waals surface area contributed by atoms with Crippen LogP contribution in [-0.2, 0) is 4.79 Å². The van der Waals surface area contributed by atoms with Crippen molar-refractivity contribution in [3.63, 3.8) is 0 Å². The summed E-state index contributed by atoms with van der Waals surface area (Å²) in [6.45, 7) is 6.21. The molecule has 0 aromatic rings. The highest BCUT2D eigenvalue weighted by Gasteiger charge is 2.35. The van der Waals surface area contributed by atoms with E-state index in [1.54, 1.807) is 0 Å². The number of hydrogen-bond donors (Lipinski definition) is 1. The van der Waals surface area contributed by atoms with Crippen LogP contribution in [0.3, 0.4) is 0 Å². The smallest absolute Gasteiger partial charge is 0.321 e. The van der Waals surface area contributed by atoms with Gasteiger partial charge in [0, 0.05) is 0 Å². The molecule has 3 heteroatoms.